The summed E-state index contributed by atoms with van der Waals surface area (Å²) in [7, 11) is 4.70. The summed E-state index contributed by atoms with van der Waals surface area (Å²) in [5.74, 6) is 1.67. The number of hydrogen-bond donors (Lipinski definition) is 1. The molecule has 0 radical (unpaired) electrons. The highest BCUT2D eigenvalue weighted by Crippen LogP contribution is 2.41. The third-order valence-electron chi connectivity index (χ3n) is 6.11. The van der Waals surface area contributed by atoms with Crippen LogP contribution in [0.3, 0.4) is 0 Å². The molecule has 1 amide bonds. The summed E-state index contributed by atoms with van der Waals surface area (Å²) >= 11 is 0. The second-order valence-electron chi connectivity index (χ2n) is 8.18. The molecule has 1 saturated carbocycles. The Hall–Kier alpha value is -3.61. The van der Waals surface area contributed by atoms with Gasteiger partial charge in [0.2, 0.25) is 5.75 Å². The van der Waals surface area contributed by atoms with Gasteiger partial charge in [-0.1, -0.05) is 31.5 Å². The molecule has 1 aliphatic rings. The van der Waals surface area contributed by atoms with Crippen molar-refractivity contribution in [2.45, 2.75) is 32.6 Å². The van der Waals surface area contributed by atoms with Crippen LogP contribution in [0.4, 0.5) is 0 Å². The zero-order chi connectivity index (χ0) is 23.4. The topological polar surface area (TPSA) is 82.0 Å². The Bertz CT molecular complexity index is 1180. The molecule has 1 fully saturated rings. The normalized spacial score (nSPS) is 17.1. The van der Waals surface area contributed by atoms with Crippen molar-refractivity contribution in [1.29, 1.82) is 0 Å². The van der Waals surface area contributed by atoms with Gasteiger partial charge in [-0.25, -0.2) is 10.4 Å². The van der Waals surface area contributed by atoms with E-state index in [0.717, 1.165) is 35.9 Å². The first-order chi connectivity index (χ1) is 16.0. The van der Waals surface area contributed by atoms with Gasteiger partial charge in [0, 0.05) is 16.7 Å². The van der Waals surface area contributed by atoms with Crippen LogP contribution >= 0.6 is 0 Å². The Labute approximate surface area is 193 Å². The van der Waals surface area contributed by atoms with Gasteiger partial charge >= 0.3 is 0 Å². The number of hydrogen-bond acceptors (Lipinski definition) is 6. The van der Waals surface area contributed by atoms with Crippen LogP contribution in [0.5, 0.6) is 17.2 Å². The highest BCUT2D eigenvalue weighted by Gasteiger charge is 2.19. The fourth-order valence-corrected chi connectivity index (χ4v) is 4.26. The van der Waals surface area contributed by atoms with Gasteiger partial charge < -0.3 is 14.2 Å². The third-order valence-corrected chi connectivity index (χ3v) is 6.11. The van der Waals surface area contributed by atoms with Crippen LogP contribution in [0.25, 0.3) is 22.2 Å². The summed E-state index contributed by atoms with van der Waals surface area (Å²) in [6, 6.07) is 13.0. The van der Waals surface area contributed by atoms with Crippen molar-refractivity contribution in [2.24, 2.45) is 11.0 Å². The van der Waals surface area contributed by atoms with Crippen molar-refractivity contribution in [3.05, 3.63) is 48.0 Å². The number of pyridine rings is 1. The molecule has 1 heterocycles. The maximum atomic E-state index is 13.2. The summed E-state index contributed by atoms with van der Waals surface area (Å²) in [4.78, 5) is 18.0. The molecule has 4 rings (SSSR count). The Morgan fingerprint density at radius 2 is 1.76 bits per heavy atom. The molecular weight excluding hydrogens is 418 g/mol. The lowest BCUT2D eigenvalue weighted by atomic mass is 9.89. The molecule has 1 N–H and O–H groups in total. The highest BCUT2D eigenvalue weighted by atomic mass is 16.5. The van der Waals surface area contributed by atoms with Crippen molar-refractivity contribution in [3.8, 4) is 28.5 Å². The number of benzene rings is 2. The summed E-state index contributed by atoms with van der Waals surface area (Å²) < 4.78 is 16.4. The number of methoxy groups -OCH3 is 3. The Morgan fingerprint density at radius 3 is 2.42 bits per heavy atom. The van der Waals surface area contributed by atoms with Gasteiger partial charge in [0.15, 0.2) is 11.5 Å². The van der Waals surface area contributed by atoms with Crippen LogP contribution in [0.1, 0.15) is 43.0 Å². The lowest BCUT2D eigenvalue weighted by Gasteiger charge is -2.20. The van der Waals surface area contributed by atoms with Gasteiger partial charge in [0.1, 0.15) is 0 Å². The number of fused-ring (bicyclic) bond motifs is 1. The van der Waals surface area contributed by atoms with Crippen LogP contribution in [0.2, 0.25) is 0 Å². The van der Waals surface area contributed by atoms with Crippen LogP contribution in [0.15, 0.2) is 47.6 Å². The highest BCUT2D eigenvalue weighted by molar-refractivity contribution is 6.07. The van der Waals surface area contributed by atoms with E-state index in [1.54, 1.807) is 27.4 Å². The van der Waals surface area contributed by atoms with E-state index in [4.69, 9.17) is 19.2 Å². The van der Waals surface area contributed by atoms with Crippen LogP contribution in [-0.4, -0.2) is 37.9 Å². The molecular formula is C26H29N3O4. The number of carbonyl (C=O) groups is 1. The third kappa shape index (κ3) is 4.62. The number of nitrogens with one attached hydrogen (secondary N) is 1. The number of rotatable bonds is 6. The molecule has 1 aromatic heterocycles. The minimum Gasteiger partial charge on any atom is -0.493 e. The van der Waals surface area contributed by atoms with Crippen molar-refractivity contribution in [1.82, 2.24) is 10.4 Å². The van der Waals surface area contributed by atoms with E-state index >= 15 is 0 Å². The Morgan fingerprint density at radius 1 is 1.03 bits per heavy atom. The summed E-state index contributed by atoms with van der Waals surface area (Å²) in [5, 5.41) is 5.23. The molecule has 172 valence electrons. The first-order valence-corrected chi connectivity index (χ1v) is 11.1. The monoisotopic (exact) mass is 447 g/mol. The summed E-state index contributed by atoms with van der Waals surface area (Å²) in [6.07, 6.45) is 4.36. The molecule has 7 heteroatoms. The van der Waals surface area contributed by atoms with Gasteiger partial charge in [0.25, 0.3) is 5.91 Å². The number of para-hydroxylation sites is 1. The largest absolute Gasteiger partial charge is 0.493 e. The summed E-state index contributed by atoms with van der Waals surface area (Å²) in [6.45, 7) is 2.16. The van der Waals surface area contributed by atoms with E-state index in [1.807, 2.05) is 36.4 Å². The predicted octanol–water partition coefficient (Wildman–Crippen LogP) is 5.22. The molecule has 0 spiro atoms. The maximum absolute atomic E-state index is 13.2. The molecule has 1 aliphatic carbocycles. The van der Waals surface area contributed by atoms with Crippen molar-refractivity contribution in [3.63, 3.8) is 0 Å². The number of aromatic nitrogens is 1. The summed E-state index contributed by atoms with van der Waals surface area (Å²) in [5.41, 5.74) is 6.43. The first kappa shape index (κ1) is 22.6. The van der Waals surface area contributed by atoms with Gasteiger partial charge in [-0.15, -0.1) is 0 Å². The van der Waals surface area contributed by atoms with E-state index in [1.165, 1.54) is 6.42 Å². The fourth-order valence-electron chi connectivity index (χ4n) is 4.26. The smallest absolute Gasteiger partial charge is 0.272 e. The van der Waals surface area contributed by atoms with Gasteiger partial charge in [-0.3, -0.25) is 4.79 Å². The van der Waals surface area contributed by atoms with E-state index in [2.05, 4.69) is 17.5 Å². The molecule has 7 nitrogen and oxygen atoms in total. The average molecular weight is 448 g/mol. The zero-order valence-corrected chi connectivity index (χ0v) is 19.5. The number of carbonyl (C=O) groups excluding carboxylic acids is 1. The second kappa shape index (κ2) is 9.90. The molecule has 0 aliphatic heterocycles. The SMILES string of the molecule is COc1cc(-c2cc(C(=O)N/N=C3\CCCCC3C)c3ccccc3n2)cc(OC)c1OC. The average Bonchev–Trinajstić information content (AvgIpc) is 2.86. The van der Waals surface area contributed by atoms with Crippen LogP contribution < -0.4 is 19.6 Å². The standard InChI is InChI=1S/C26H29N3O4/c1-16-9-5-7-11-20(16)28-29-26(30)19-15-22(27-21-12-8-6-10-18(19)21)17-13-23(31-2)25(33-4)24(14-17)32-3/h6,8,10,12-16H,5,7,9,11H2,1-4H3,(H,29,30)/b28-20+. The quantitative estimate of drug-likeness (QED) is 0.524. The van der Waals surface area contributed by atoms with Gasteiger partial charge in [-0.2, -0.15) is 5.10 Å². The first-order valence-electron chi connectivity index (χ1n) is 11.1. The lowest BCUT2D eigenvalue weighted by molar-refractivity contribution is 0.0956. The number of ether oxygens (including phenoxy) is 3. The fraction of sp³-hybridized carbons (Fsp3) is 0.346. The second-order valence-corrected chi connectivity index (χ2v) is 8.18. The Balaban J connectivity index is 1.78. The maximum Gasteiger partial charge on any atom is 0.272 e. The van der Waals surface area contributed by atoms with E-state index in [-0.39, 0.29) is 5.91 Å². The van der Waals surface area contributed by atoms with E-state index in [9.17, 15) is 4.79 Å². The van der Waals surface area contributed by atoms with Crippen LogP contribution in [-0.2, 0) is 0 Å². The minimum absolute atomic E-state index is 0.257. The molecule has 33 heavy (non-hydrogen) atoms. The van der Waals surface area contributed by atoms with E-state index in [0.29, 0.717) is 39.9 Å². The number of amides is 1. The van der Waals surface area contributed by atoms with Crippen molar-refractivity contribution in [2.75, 3.05) is 21.3 Å². The van der Waals surface area contributed by atoms with Gasteiger partial charge in [0.05, 0.1) is 38.1 Å². The van der Waals surface area contributed by atoms with Crippen molar-refractivity contribution >= 4 is 22.5 Å². The van der Waals surface area contributed by atoms with E-state index < -0.39 is 0 Å². The predicted molar refractivity (Wildman–Crippen MR) is 129 cm³/mol. The number of nitrogens with zero attached hydrogens (tertiary/aromatic N) is 2. The van der Waals surface area contributed by atoms with Crippen LogP contribution in [0, 0.1) is 5.92 Å². The molecule has 1 unspecified atom stereocenters. The molecule has 2 aromatic carbocycles. The van der Waals surface area contributed by atoms with Gasteiger partial charge in [-0.05, 0) is 49.4 Å². The Kier molecular flexibility index (Phi) is 6.77. The molecule has 1 atom stereocenters. The van der Waals surface area contributed by atoms with Crippen molar-refractivity contribution < 1.29 is 19.0 Å². The lowest BCUT2D eigenvalue weighted by Crippen LogP contribution is -2.24. The zero-order valence-electron chi connectivity index (χ0n) is 19.5. The number of hydrazone groups is 1. The minimum atomic E-state index is -0.257. The molecule has 0 saturated heterocycles. The molecule has 0 bridgehead atoms. The molecule has 3 aromatic rings.